The van der Waals surface area contributed by atoms with E-state index in [1.165, 1.54) is 29.5 Å². The minimum atomic E-state index is -3.92. The van der Waals surface area contributed by atoms with Gasteiger partial charge in [0.25, 0.3) is 15.9 Å². The van der Waals surface area contributed by atoms with E-state index in [0.717, 1.165) is 12.0 Å². The van der Waals surface area contributed by atoms with E-state index in [1.54, 1.807) is 42.5 Å². The van der Waals surface area contributed by atoms with Crippen molar-refractivity contribution in [2.45, 2.75) is 23.7 Å². The van der Waals surface area contributed by atoms with Crippen molar-refractivity contribution in [1.82, 2.24) is 10.0 Å². The molecule has 0 bridgehead atoms. The van der Waals surface area contributed by atoms with Crippen LogP contribution in [0.1, 0.15) is 23.5 Å². The topological polar surface area (TPSA) is 105 Å². The van der Waals surface area contributed by atoms with Gasteiger partial charge in [-0.2, -0.15) is 0 Å². The van der Waals surface area contributed by atoms with Crippen LogP contribution in [-0.4, -0.2) is 25.4 Å². The molecule has 0 radical (unpaired) electrons. The molecular formula is C30H25N3O4S2. The van der Waals surface area contributed by atoms with Crippen LogP contribution >= 0.6 is 11.8 Å². The Kier molecular flexibility index (Phi) is 7.90. The van der Waals surface area contributed by atoms with Crippen LogP contribution < -0.4 is 10.0 Å². The highest BCUT2D eigenvalue weighted by Gasteiger charge is 2.24. The van der Waals surface area contributed by atoms with Gasteiger partial charge in [-0.1, -0.05) is 78.9 Å². The van der Waals surface area contributed by atoms with Gasteiger partial charge in [0.2, 0.25) is 5.91 Å². The Morgan fingerprint density at radius 1 is 1.00 bits per heavy atom. The van der Waals surface area contributed by atoms with E-state index < -0.39 is 15.9 Å². The molecule has 1 saturated heterocycles. The zero-order valence-corrected chi connectivity index (χ0v) is 22.4. The predicted octanol–water partition coefficient (Wildman–Crippen LogP) is 5.14. The van der Waals surface area contributed by atoms with Gasteiger partial charge in [-0.15, -0.1) is 0 Å². The summed E-state index contributed by atoms with van der Waals surface area (Å²) in [6.45, 7) is 0. The minimum Gasteiger partial charge on any atom is -0.300 e. The van der Waals surface area contributed by atoms with E-state index >= 15 is 0 Å². The summed E-state index contributed by atoms with van der Waals surface area (Å²) in [4.78, 5) is 29.9. The minimum absolute atomic E-state index is 0.0289. The zero-order valence-electron chi connectivity index (χ0n) is 20.8. The molecule has 2 amide bonds. The lowest BCUT2D eigenvalue weighted by molar-refractivity contribution is -0.118. The highest BCUT2D eigenvalue weighted by Crippen LogP contribution is 2.31. The second kappa shape index (κ2) is 11.7. The summed E-state index contributed by atoms with van der Waals surface area (Å²) in [7, 11) is -3.92. The van der Waals surface area contributed by atoms with E-state index in [1.807, 2.05) is 30.4 Å². The predicted molar refractivity (Wildman–Crippen MR) is 154 cm³/mol. The number of rotatable bonds is 7. The number of carbonyl (C=O) groups is 2. The van der Waals surface area contributed by atoms with Crippen molar-refractivity contribution in [3.05, 3.63) is 131 Å². The third-order valence-electron chi connectivity index (χ3n) is 6.14. The number of benzene rings is 3. The molecule has 3 aromatic rings. The molecule has 1 heterocycles. The van der Waals surface area contributed by atoms with Crippen molar-refractivity contribution in [2.75, 3.05) is 0 Å². The van der Waals surface area contributed by atoms with Crippen LogP contribution in [0.2, 0.25) is 0 Å². The maximum Gasteiger partial charge on any atom is 0.264 e. The first kappa shape index (κ1) is 26.4. The number of carbonyl (C=O) groups excluding carboxylic acids is 2. The molecule has 2 aliphatic rings. The number of amides is 2. The first-order valence-electron chi connectivity index (χ1n) is 12.3. The van der Waals surface area contributed by atoms with Crippen LogP contribution in [0.15, 0.2) is 130 Å². The van der Waals surface area contributed by atoms with E-state index in [-0.39, 0.29) is 17.2 Å². The van der Waals surface area contributed by atoms with Crippen LogP contribution in [0.4, 0.5) is 5.69 Å². The Balaban J connectivity index is 1.18. The largest absolute Gasteiger partial charge is 0.300 e. The molecule has 1 aliphatic heterocycles. The maximum absolute atomic E-state index is 12.5. The van der Waals surface area contributed by atoms with Crippen LogP contribution in [0.3, 0.4) is 0 Å². The van der Waals surface area contributed by atoms with Gasteiger partial charge < -0.3 is 5.32 Å². The summed E-state index contributed by atoms with van der Waals surface area (Å²) in [5.74, 6) is -0.503. The Morgan fingerprint density at radius 2 is 1.69 bits per heavy atom. The average Bonchev–Trinajstić information content (AvgIpc) is 3.29. The number of allylic oxidation sites excluding steroid dienone is 5. The van der Waals surface area contributed by atoms with E-state index in [4.69, 9.17) is 0 Å². The fraction of sp³-hybridized carbons (Fsp3) is 0.100. The van der Waals surface area contributed by atoms with Crippen molar-refractivity contribution in [1.29, 1.82) is 0 Å². The van der Waals surface area contributed by atoms with E-state index in [2.05, 4.69) is 39.3 Å². The third kappa shape index (κ3) is 6.81. The summed E-state index contributed by atoms with van der Waals surface area (Å²) >= 11 is 1.27. The van der Waals surface area contributed by atoms with Gasteiger partial charge in [0.15, 0.2) is 5.17 Å². The molecule has 5 rings (SSSR count). The lowest BCUT2D eigenvalue weighted by Gasteiger charge is -2.15. The van der Waals surface area contributed by atoms with Gasteiger partial charge in [-0.05, 0) is 65.2 Å². The molecule has 1 unspecified atom stereocenters. The number of amidine groups is 1. The molecule has 3 aromatic carbocycles. The van der Waals surface area contributed by atoms with E-state index in [9.17, 15) is 18.0 Å². The molecule has 7 nitrogen and oxygen atoms in total. The molecule has 0 saturated carbocycles. The SMILES string of the molecule is O=C(Cc1ccc(N=C2NC(=O)C(=CC3=CCC(c4ccccc4)C=C3)S2)cc1)NS(=O)(=O)c1ccccc1. The first-order valence-corrected chi connectivity index (χ1v) is 14.6. The highest BCUT2D eigenvalue weighted by atomic mass is 32.2. The molecule has 196 valence electrons. The van der Waals surface area contributed by atoms with E-state index in [0.29, 0.717) is 27.2 Å². The van der Waals surface area contributed by atoms with Crippen LogP contribution in [0.25, 0.3) is 0 Å². The van der Waals surface area contributed by atoms with Gasteiger partial charge in [0.1, 0.15) is 0 Å². The van der Waals surface area contributed by atoms with Crippen molar-refractivity contribution in [3.8, 4) is 0 Å². The smallest absolute Gasteiger partial charge is 0.264 e. The number of hydrogen-bond acceptors (Lipinski definition) is 6. The number of nitrogens with zero attached hydrogens (tertiary/aromatic N) is 1. The number of sulfonamides is 1. The van der Waals surface area contributed by atoms with Crippen molar-refractivity contribution in [3.63, 3.8) is 0 Å². The number of hydrogen-bond donors (Lipinski definition) is 2. The van der Waals surface area contributed by atoms with Crippen LogP contribution in [-0.2, 0) is 26.0 Å². The number of aliphatic imine (C=N–C) groups is 1. The Morgan fingerprint density at radius 3 is 2.36 bits per heavy atom. The normalized spacial score (nSPS) is 19.1. The third-order valence-corrected chi connectivity index (χ3v) is 8.44. The van der Waals surface area contributed by atoms with Crippen LogP contribution in [0, 0.1) is 0 Å². The molecule has 1 fully saturated rings. The maximum atomic E-state index is 12.5. The second-order valence-electron chi connectivity index (χ2n) is 8.98. The summed E-state index contributed by atoms with van der Waals surface area (Å²) in [5.41, 5.74) is 3.48. The molecular weight excluding hydrogens is 530 g/mol. The Bertz CT molecular complexity index is 1610. The fourth-order valence-corrected chi connectivity index (χ4v) is 6.01. The van der Waals surface area contributed by atoms with Crippen LogP contribution in [0.5, 0.6) is 0 Å². The van der Waals surface area contributed by atoms with Crippen molar-refractivity contribution in [2.24, 2.45) is 4.99 Å². The quantitative estimate of drug-likeness (QED) is 0.393. The molecule has 1 aliphatic carbocycles. The standard InChI is InChI=1S/C30H25N3O4S2/c34-28(33-39(36,37)26-9-5-2-6-10-26)20-22-13-17-25(18-14-22)31-30-32-29(35)27(38-30)19-21-11-15-24(16-12-21)23-7-3-1-4-8-23/h1-15,17-19,24H,16,20H2,(H,33,34)(H,31,32,35). The summed E-state index contributed by atoms with van der Waals surface area (Å²) < 4.78 is 26.8. The Labute approximate surface area is 231 Å². The lowest BCUT2D eigenvalue weighted by Crippen LogP contribution is -2.31. The number of nitrogens with one attached hydrogen (secondary N) is 2. The zero-order chi connectivity index (χ0) is 27.2. The monoisotopic (exact) mass is 555 g/mol. The van der Waals surface area contributed by atoms with Gasteiger partial charge >= 0.3 is 0 Å². The molecule has 0 spiro atoms. The second-order valence-corrected chi connectivity index (χ2v) is 11.7. The lowest BCUT2D eigenvalue weighted by atomic mass is 9.90. The van der Waals surface area contributed by atoms with Gasteiger partial charge in [-0.3, -0.25) is 9.59 Å². The molecule has 0 aromatic heterocycles. The van der Waals surface area contributed by atoms with Crippen molar-refractivity contribution < 1.29 is 18.0 Å². The number of thioether (sulfide) groups is 1. The first-order chi connectivity index (χ1) is 18.9. The summed E-state index contributed by atoms with van der Waals surface area (Å²) in [6, 6.07) is 24.9. The average molecular weight is 556 g/mol. The van der Waals surface area contributed by atoms with Crippen molar-refractivity contribution >= 4 is 44.5 Å². The summed E-state index contributed by atoms with van der Waals surface area (Å²) in [6.07, 6.45) is 8.97. The van der Waals surface area contributed by atoms with Gasteiger partial charge in [-0.25, -0.2) is 18.1 Å². The Hall–Kier alpha value is -4.21. The molecule has 1 atom stereocenters. The summed E-state index contributed by atoms with van der Waals surface area (Å²) in [5, 5.41) is 3.25. The fourth-order valence-electron chi connectivity index (χ4n) is 4.16. The highest BCUT2D eigenvalue weighted by molar-refractivity contribution is 8.18. The van der Waals surface area contributed by atoms with Gasteiger partial charge in [0, 0.05) is 5.92 Å². The molecule has 2 N–H and O–H groups in total. The molecule has 9 heteroatoms. The van der Waals surface area contributed by atoms with Gasteiger partial charge in [0.05, 0.1) is 21.9 Å². The molecule has 39 heavy (non-hydrogen) atoms.